The number of fused-ring (bicyclic) bond motifs is 1. The average Bonchev–Trinajstić information content (AvgIpc) is 3.37. The van der Waals surface area contributed by atoms with Crippen LogP contribution >= 0.6 is 11.8 Å². The summed E-state index contributed by atoms with van der Waals surface area (Å²) in [6.45, 7) is 4.67. The van der Waals surface area contributed by atoms with E-state index in [1.165, 1.54) is 11.8 Å². The molecule has 1 atom stereocenters. The minimum Gasteiger partial charge on any atom is -0.489 e. The van der Waals surface area contributed by atoms with E-state index in [9.17, 15) is 9.59 Å². The van der Waals surface area contributed by atoms with Gasteiger partial charge in [0.15, 0.2) is 5.17 Å². The van der Waals surface area contributed by atoms with Gasteiger partial charge in [-0.15, -0.1) is 0 Å². The Hall–Kier alpha value is -4.37. The van der Waals surface area contributed by atoms with Crippen molar-refractivity contribution in [3.05, 3.63) is 118 Å². The summed E-state index contributed by atoms with van der Waals surface area (Å²) in [4.78, 5) is 36.9. The zero-order valence-electron chi connectivity index (χ0n) is 22.4. The number of nitrogens with one attached hydrogen (secondary N) is 1. The van der Waals surface area contributed by atoms with Gasteiger partial charge in [-0.2, -0.15) is 0 Å². The summed E-state index contributed by atoms with van der Waals surface area (Å²) >= 11 is 1.44. The highest BCUT2D eigenvalue weighted by molar-refractivity contribution is 8.16. The summed E-state index contributed by atoms with van der Waals surface area (Å²) in [5.74, 6) is 0.119. The molecule has 0 saturated carbocycles. The lowest BCUT2D eigenvalue weighted by Gasteiger charge is -2.36. The molecule has 0 fully saturated rings. The Kier molecular flexibility index (Phi) is 8.61. The number of allylic oxidation sites excluding steroid dienone is 1. The molecule has 0 bridgehead atoms. The topological polar surface area (TPSA) is 93.1 Å². The van der Waals surface area contributed by atoms with Gasteiger partial charge in [0, 0.05) is 24.6 Å². The van der Waals surface area contributed by atoms with E-state index in [0.717, 1.165) is 22.4 Å². The standard InChI is InChI=1S/C31H30N4O4S/c1-3-38-30(37)28-21(2)34-31-35(25(20-40-31)17-27(36)33-18-22-12-14-32-15-13-22)29(28)24-10-7-11-26(16-24)39-19-23-8-5-4-6-9-23/h4-16,20,29H,3,17-19H2,1-2H3,(H,33,36). The van der Waals surface area contributed by atoms with E-state index in [0.29, 0.717) is 35.3 Å². The van der Waals surface area contributed by atoms with Gasteiger partial charge in [0.2, 0.25) is 5.91 Å². The number of esters is 1. The molecule has 1 amide bonds. The number of thioether (sulfide) groups is 1. The first-order valence-electron chi connectivity index (χ1n) is 13.1. The Bertz CT molecular complexity index is 1470. The number of nitrogens with zero attached hydrogens (tertiary/aromatic N) is 3. The van der Waals surface area contributed by atoms with E-state index >= 15 is 0 Å². The zero-order valence-corrected chi connectivity index (χ0v) is 23.2. The van der Waals surface area contributed by atoms with Crippen LogP contribution in [0, 0.1) is 0 Å². The van der Waals surface area contributed by atoms with E-state index in [1.54, 1.807) is 19.3 Å². The van der Waals surface area contributed by atoms with Crippen LogP contribution < -0.4 is 10.1 Å². The lowest BCUT2D eigenvalue weighted by atomic mass is 9.93. The second-order valence-corrected chi connectivity index (χ2v) is 10.1. The van der Waals surface area contributed by atoms with E-state index in [-0.39, 0.29) is 18.9 Å². The summed E-state index contributed by atoms with van der Waals surface area (Å²) in [5.41, 5.74) is 4.65. The molecule has 1 aromatic heterocycles. The molecule has 1 unspecified atom stereocenters. The molecule has 0 radical (unpaired) electrons. The highest BCUT2D eigenvalue weighted by Gasteiger charge is 2.41. The minimum absolute atomic E-state index is 0.132. The second kappa shape index (κ2) is 12.7. The summed E-state index contributed by atoms with van der Waals surface area (Å²) < 4.78 is 11.6. The van der Waals surface area contributed by atoms with Crippen molar-refractivity contribution < 1.29 is 19.1 Å². The second-order valence-electron chi connectivity index (χ2n) is 9.27. The number of aromatic nitrogens is 1. The molecular formula is C31H30N4O4S. The van der Waals surface area contributed by atoms with Crippen LogP contribution in [-0.2, 0) is 27.5 Å². The Morgan fingerprint density at radius 1 is 1.02 bits per heavy atom. The summed E-state index contributed by atoms with van der Waals surface area (Å²) in [6, 6.07) is 20.8. The first kappa shape index (κ1) is 27.2. The number of hydrogen-bond donors (Lipinski definition) is 1. The Balaban J connectivity index is 1.41. The summed E-state index contributed by atoms with van der Waals surface area (Å²) in [5, 5.41) is 5.61. The zero-order chi connectivity index (χ0) is 27.9. The normalized spacial score (nSPS) is 16.1. The minimum atomic E-state index is -0.527. The van der Waals surface area contributed by atoms with Gasteiger partial charge in [-0.25, -0.2) is 9.79 Å². The maximum Gasteiger partial charge on any atom is 0.338 e. The third-order valence-electron chi connectivity index (χ3n) is 6.50. The van der Waals surface area contributed by atoms with E-state index in [1.807, 2.05) is 84.0 Å². The summed E-state index contributed by atoms with van der Waals surface area (Å²) in [7, 11) is 0. The first-order valence-corrected chi connectivity index (χ1v) is 13.9. The molecule has 0 spiro atoms. The first-order chi connectivity index (χ1) is 19.5. The number of ether oxygens (including phenoxy) is 2. The van der Waals surface area contributed by atoms with E-state index in [2.05, 4.69) is 10.3 Å². The fourth-order valence-electron chi connectivity index (χ4n) is 4.60. The number of amides is 1. The van der Waals surface area contributed by atoms with Crippen LogP contribution in [0.2, 0.25) is 0 Å². The van der Waals surface area contributed by atoms with Crippen LogP contribution in [0.15, 0.2) is 106 Å². The molecule has 2 aliphatic heterocycles. The molecule has 204 valence electrons. The molecule has 0 aliphatic carbocycles. The SMILES string of the molecule is CCOC(=O)C1=C(C)N=C2SC=C(CC(=O)NCc3ccncc3)N2C1c1cccc(OCc2ccccc2)c1. The van der Waals surface area contributed by atoms with Crippen molar-refractivity contribution in [3.63, 3.8) is 0 Å². The molecule has 2 aromatic carbocycles. The van der Waals surface area contributed by atoms with Crippen molar-refractivity contribution in [2.45, 2.75) is 39.5 Å². The third kappa shape index (κ3) is 6.26. The van der Waals surface area contributed by atoms with Crippen LogP contribution in [0.5, 0.6) is 5.75 Å². The third-order valence-corrected chi connectivity index (χ3v) is 7.39. The van der Waals surface area contributed by atoms with Gasteiger partial charge in [0.1, 0.15) is 12.4 Å². The maximum absolute atomic E-state index is 13.2. The molecule has 3 heterocycles. The fraction of sp³-hybridized carbons (Fsp3) is 0.226. The number of rotatable bonds is 10. The van der Waals surface area contributed by atoms with E-state index in [4.69, 9.17) is 14.5 Å². The van der Waals surface area contributed by atoms with Crippen molar-refractivity contribution in [2.75, 3.05) is 6.61 Å². The van der Waals surface area contributed by atoms with Gasteiger partial charge in [0.05, 0.1) is 30.3 Å². The Labute approximate surface area is 237 Å². The molecule has 1 N–H and O–H groups in total. The number of carbonyl (C=O) groups is 2. The summed E-state index contributed by atoms with van der Waals surface area (Å²) in [6.07, 6.45) is 3.52. The van der Waals surface area contributed by atoms with Crippen molar-refractivity contribution in [1.29, 1.82) is 0 Å². The lowest BCUT2D eigenvalue weighted by Crippen LogP contribution is -2.38. The van der Waals surface area contributed by atoms with Gasteiger partial charge >= 0.3 is 5.97 Å². The molecule has 3 aromatic rings. The number of aliphatic imine (C=N–C) groups is 1. The Morgan fingerprint density at radius 2 is 1.82 bits per heavy atom. The Morgan fingerprint density at radius 3 is 2.60 bits per heavy atom. The smallest absolute Gasteiger partial charge is 0.338 e. The van der Waals surface area contributed by atoms with Gasteiger partial charge in [-0.3, -0.25) is 9.78 Å². The average molecular weight is 555 g/mol. The predicted octanol–water partition coefficient (Wildman–Crippen LogP) is 5.51. The number of benzene rings is 2. The van der Waals surface area contributed by atoms with Crippen molar-refractivity contribution in [1.82, 2.24) is 15.2 Å². The van der Waals surface area contributed by atoms with Gasteiger partial charge in [-0.1, -0.05) is 54.2 Å². The number of pyridine rings is 1. The fourth-order valence-corrected chi connectivity index (χ4v) is 5.56. The van der Waals surface area contributed by atoms with Gasteiger partial charge in [0.25, 0.3) is 0 Å². The van der Waals surface area contributed by atoms with Crippen LogP contribution in [0.4, 0.5) is 0 Å². The lowest BCUT2D eigenvalue weighted by molar-refractivity contribution is -0.139. The van der Waals surface area contributed by atoms with Crippen molar-refractivity contribution >= 4 is 28.8 Å². The monoisotopic (exact) mass is 554 g/mol. The van der Waals surface area contributed by atoms with Crippen LogP contribution in [0.1, 0.15) is 43.0 Å². The highest BCUT2D eigenvalue weighted by atomic mass is 32.2. The molecule has 2 aliphatic rings. The van der Waals surface area contributed by atoms with Crippen LogP contribution in [0.3, 0.4) is 0 Å². The van der Waals surface area contributed by atoms with E-state index < -0.39 is 12.0 Å². The largest absolute Gasteiger partial charge is 0.489 e. The molecule has 9 heteroatoms. The van der Waals surface area contributed by atoms with Gasteiger partial charge < -0.3 is 19.7 Å². The van der Waals surface area contributed by atoms with Crippen LogP contribution in [0.25, 0.3) is 0 Å². The number of carbonyl (C=O) groups excluding carboxylic acids is 2. The predicted molar refractivity (Wildman–Crippen MR) is 155 cm³/mol. The molecular weight excluding hydrogens is 524 g/mol. The van der Waals surface area contributed by atoms with Crippen LogP contribution in [-0.4, -0.2) is 33.5 Å². The molecule has 5 rings (SSSR count). The van der Waals surface area contributed by atoms with Crippen molar-refractivity contribution in [3.8, 4) is 5.75 Å². The maximum atomic E-state index is 13.2. The molecule has 0 saturated heterocycles. The highest BCUT2D eigenvalue weighted by Crippen LogP contribution is 2.45. The van der Waals surface area contributed by atoms with Gasteiger partial charge in [-0.05, 0) is 60.2 Å². The van der Waals surface area contributed by atoms with Crippen molar-refractivity contribution in [2.24, 2.45) is 4.99 Å². The number of amidine groups is 1. The molecule has 8 nitrogen and oxygen atoms in total. The number of hydrogen-bond acceptors (Lipinski definition) is 8. The quantitative estimate of drug-likeness (QED) is 0.331. The molecule has 40 heavy (non-hydrogen) atoms.